The van der Waals surface area contributed by atoms with Gasteiger partial charge < -0.3 is 16.0 Å². The minimum atomic E-state index is -0.231. The Balaban J connectivity index is 1.64. The Bertz CT molecular complexity index is 1100. The SMILES string of the molecule is Cn1cnc(-c2ccccc2C(=O)Nc2ccc3nc(CN)[nH]c3c2)n1. The molecule has 4 rings (SSSR count). The van der Waals surface area contributed by atoms with Gasteiger partial charge in [-0.3, -0.25) is 9.48 Å². The molecule has 130 valence electrons. The highest BCUT2D eigenvalue weighted by atomic mass is 16.1. The largest absolute Gasteiger partial charge is 0.341 e. The Morgan fingerprint density at radius 1 is 1.27 bits per heavy atom. The van der Waals surface area contributed by atoms with Crippen molar-refractivity contribution < 1.29 is 4.79 Å². The van der Waals surface area contributed by atoms with Crippen LogP contribution in [0, 0.1) is 0 Å². The van der Waals surface area contributed by atoms with Gasteiger partial charge in [0, 0.05) is 18.3 Å². The maximum Gasteiger partial charge on any atom is 0.256 e. The third kappa shape index (κ3) is 2.93. The van der Waals surface area contributed by atoms with Crippen molar-refractivity contribution in [2.75, 3.05) is 5.32 Å². The molecule has 0 saturated heterocycles. The van der Waals surface area contributed by atoms with Crippen molar-refractivity contribution >= 4 is 22.6 Å². The molecule has 4 N–H and O–H groups in total. The first kappa shape index (κ1) is 16.0. The fraction of sp³-hybridized carbons (Fsp3) is 0.111. The Kier molecular flexibility index (Phi) is 3.94. The second-order valence-electron chi connectivity index (χ2n) is 5.86. The summed E-state index contributed by atoms with van der Waals surface area (Å²) in [5.74, 6) is 0.982. The summed E-state index contributed by atoms with van der Waals surface area (Å²) in [6.07, 6.45) is 1.60. The zero-order chi connectivity index (χ0) is 18.1. The van der Waals surface area contributed by atoms with Gasteiger partial charge in [-0.25, -0.2) is 9.97 Å². The number of aromatic amines is 1. The van der Waals surface area contributed by atoms with Gasteiger partial charge in [0.2, 0.25) is 0 Å². The van der Waals surface area contributed by atoms with Gasteiger partial charge in [0.15, 0.2) is 5.82 Å². The molecule has 8 nitrogen and oxygen atoms in total. The van der Waals surface area contributed by atoms with Gasteiger partial charge in [-0.2, -0.15) is 5.10 Å². The summed E-state index contributed by atoms with van der Waals surface area (Å²) in [4.78, 5) is 24.5. The van der Waals surface area contributed by atoms with Gasteiger partial charge in [0.1, 0.15) is 12.2 Å². The van der Waals surface area contributed by atoms with E-state index in [4.69, 9.17) is 5.73 Å². The molecule has 0 radical (unpaired) electrons. The van der Waals surface area contributed by atoms with Gasteiger partial charge >= 0.3 is 0 Å². The predicted octanol–water partition coefficient (Wildman–Crippen LogP) is 2.07. The van der Waals surface area contributed by atoms with Gasteiger partial charge in [-0.1, -0.05) is 18.2 Å². The number of fused-ring (bicyclic) bond motifs is 1. The quantitative estimate of drug-likeness (QED) is 0.523. The van der Waals surface area contributed by atoms with Crippen LogP contribution in [0.2, 0.25) is 0 Å². The fourth-order valence-corrected chi connectivity index (χ4v) is 2.77. The number of aromatic nitrogens is 5. The number of carbonyl (C=O) groups is 1. The number of benzene rings is 2. The van der Waals surface area contributed by atoms with Crippen LogP contribution in [-0.2, 0) is 13.6 Å². The minimum Gasteiger partial charge on any atom is -0.341 e. The van der Waals surface area contributed by atoms with Crippen LogP contribution >= 0.6 is 0 Å². The number of amides is 1. The van der Waals surface area contributed by atoms with Crippen molar-refractivity contribution in [2.24, 2.45) is 12.8 Å². The highest BCUT2D eigenvalue weighted by Crippen LogP contribution is 2.22. The number of carbonyl (C=O) groups excluding carboxylic acids is 1. The Hall–Kier alpha value is -3.52. The second-order valence-corrected chi connectivity index (χ2v) is 5.86. The van der Waals surface area contributed by atoms with Gasteiger partial charge in [-0.05, 0) is 24.3 Å². The second kappa shape index (κ2) is 6.41. The summed E-state index contributed by atoms with van der Waals surface area (Å²) in [5, 5.41) is 7.20. The maximum absolute atomic E-state index is 12.8. The molecule has 0 fully saturated rings. The lowest BCUT2D eigenvalue weighted by Gasteiger charge is -2.08. The van der Waals surface area contributed by atoms with Gasteiger partial charge in [-0.15, -0.1) is 0 Å². The number of nitrogens with zero attached hydrogens (tertiary/aromatic N) is 4. The van der Waals surface area contributed by atoms with Crippen LogP contribution in [0.3, 0.4) is 0 Å². The van der Waals surface area contributed by atoms with E-state index in [0.717, 1.165) is 11.0 Å². The van der Waals surface area contributed by atoms with E-state index in [-0.39, 0.29) is 5.91 Å². The molecule has 26 heavy (non-hydrogen) atoms. The van der Waals surface area contributed by atoms with Crippen molar-refractivity contribution in [1.29, 1.82) is 0 Å². The predicted molar refractivity (Wildman–Crippen MR) is 98.4 cm³/mol. The van der Waals surface area contributed by atoms with Gasteiger partial charge in [0.25, 0.3) is 5.91 Å². The van der Waals surface area contributed by atoms with Crippen LogP contribution in [0.5, 0.6) is 0 Å². The molecule has 0 bridgehead atoms. The fourth-order valence-electron chi connectivity index (χ4n) is 2.77. The molecule has 0 saturated carbocycles. The summed E-state index contributed by atoms with van der Waals surface area (Å²) in [6.45, 7) is 0.334. The number of H-pyrrole nitrogens is 1. The Morgan fingerprint density at radius 3 is 2.88 bits per heavy atom. The molecule has 0 spiro atoms. The molecule has 0 aliphatic heterocycles. The summed E-state index contributed by atoms with van der Waals surface area (Å²) in [7, 11) is 1.79. The summed E-state index contributed by atoms with van der Waals surface area (Å²) < 4.78 is 1.60. The van der Waals surface area contributed by atoms with Crippen LogP contribution in [-0.4, -0.2) is 30.6 Å². The maximum atomic E-state index is 12.8. The number of hydrogen-bond acceptors (Lipinski definition) is 5. The van der Waals surface area contributed by atoms with Gasteiger partial charge in [0.05, 0.1) is 23.1 Å². The Morgan fingerprint density at radius 2 is 2.12 bits per heavy atom. The number of aryl methyl sites for hydroxylation is 1. The smallest absolute Gasteiger partial charge is 0.256 e. The highest BCUT2D eigenvalue weighted by molar-refractivity contribution is 6.08. The molecule has 0 unspecified atom stereocenters. The number of hydrogen-bond donors (Lipinski definition) is 3. The topological polar surface area (TPSA) is 115 Å². The van der Waals surface area contributed by atoms with Crippen LogP contribution in [0.4, 0.5) is 5.69 Å². The molecule has 0 aliphatic carbocycles. The average Bonchev–Trinajstić information content (AvgIpc) is 3.27. The molecule has 4 aromatic rings. The first-order valence-electron chi connectivity index (χ1n) is 8.09. The van der Waals surface area contributed by atoms with Crippen molar-refractivity contribution in [1.82, 2.24) is 24.7 Å². The van der Waals surface area contributed by atoms with E-state index in [9.17, 15) is 4.79 Å². The highest BCUT2D eigenvalue weighted by Gasteiger charge is 2.15. The minimum absolute atomic E-state index is 0.231. The molecular formula is C18H17N7O. The van der Waals surface area contributed by atoms with E-state index in [1.807, 2.05) is 36.4 Å². The van der Waals surface area contributed by atoms with Crippen LogP contribution in [0.25, 0.3) is 22.4 Å². The van der Waals surface area contributed by atoms with Crippen LogP contribution in [0.15, 0.2) is 48.8 Å². The molecule has 2 aromatic carbocycles. The molecule has 2 aromatic heterocycles. The first-order valence-corrected chi connectivity index (χ1v) is 8.09. The lowest BCUT2D eigenvalue weighted by atomic mass is 10.1. The molecule has 0 atom stereocenters. The molecule has 8 heteroatoms. The van der Waals surface area contributed by atoms with Crippen molar-refractivity contribution in [3.8, 4) is 11.4 Å². The van der Waals surface area contributed by atoms with Crippen LogP contribution < -0.4 is 11.1 Å². The third-order valence-corrected chi connectivity index (χ3v) is 3.99. The van der Waals surface area contributed by atoms with Crippen molar-refractivity contribution in [3.05, 3.63) is 60.2 Å². The van der Waals surface area contributed by atoms with E-state index >= 15 is 0 Å². The van der Waals surface area contributed by atoms with E-state index in [1.165, 1.54) is 0 Å². The molecule has 2 heterocycles. The lowest BCUT2D eigenvalue weighted by molar-refractivity contribution is 0.102. The average molecular weight is 347 g/mol. The monoisotopic (exact) mass is 347 g/mol. The number of nitrogens with two attached hydrogens (primary N) is 1. The molecule has 0 aliphatic rings. The number of imidazole rings is 1. The zero-order valence-electron chi connectivity index (χ0n) is 14.1. The molecule has 1 amide bonds. The van der Waals surface area contributed by atoms with Crippen molar-refractivity contribution in [2.45, 2.75) is 6.54 Å². The Labute approximate surface area is 149 Å². The van der Waals surface area contributed by atoms with E-state index in [2.05, 4.69) is 25.4 Å². The van der Waals surface area contributed by atoms with E-state index in [0.29, 0.717) is 35.0 Å². The normalized spacial score (nSPS) is 11.0. The zero-order valence-corrected chi connectivity index (χ0v) is 14.1. The standard InChI is InChI=1S/C18H17N7O/c1-25-10-20-17(24-25)12-4-2-3-5-13(12)18(26)21-11-6-7-14-15(8-11)23-16(9-19)22-14/h2-8,10H,9,19H2,1H3,(H,21,26)(H,22,23). The lowest BCUT2D eigenvalue weighted by Crippen LogP contribution is -2.13. The third-order valence-electron chi connectivity index (χ3n) is 3.99. The summed E-state index contributed by atoms with van der Waals surface area (Å²) in [6, 6.07) is 12.7. The number of anilines is 1. The first-order chi connectivity index (χ1) is 12.6. The summed E-state index contributed by atoms with van der Waals surface area (Å²) >= 11 is 0. The summed E-state index contributed by atoms with van der Waals surface area (Å²) in [5.41, 5.74) is 9.08. The molecular weight excluding hydrogens is 330 g/mol. The van der Waals surface area contributed by atoms with Crippen LogP contribution in [0.1, 0.15) is 16.2 Å². The number of rotatable bonds is 4. The van der Waals surface area contributed by atoms with Crippen molar-refractivity contribution in [3.63, 3.8) is 0 Å². The van der Waals surface area contributed by atoms with E-state index in [1.54, 1.807) is 24.1 Å². The van der Waals surface area contributed by atoms with E-state index < -0.39 is 0 Å². The number of nitrogens with one attached hydrogen (secondary N) is 2.